The number of amides is 2. The number of hydrogen-bond acceptors (Lipinski definition) is 3. The van der Waals surface area contributed by atoms with E-state index in [0.717, 1.165) is 12.5 Å². The van der Waals surface area contributed by atoms with Gasteiger partial charge in [0.25, 0.3) is 11.8 Å². The number of aliphatic hydroxyl groups excluding tert-OH is 1. The van der Waals surface area contributed by atoms with Crippen LogP contribution in [0.3, 0.4) is 0 Å². The van der Waals surface area contributed by atoms with Crippen LogP contribution in [0.15, 0.2) is 84.9 Å². The summed E-state index contributed by atoms with van der Waals surface area (Å²) in [6.45, 7) is 4.43. The van der Waals surface area contributed by atoms with Gasteiger partial charge in [-0.1, -0.05) is 97.0 Å². The number of hydrogen-bond donors (Lipinski definition) is 1. The molecule has 4 rings (SSSR count). The first-order valence-electron chi connectivity index (χ1n) is 11.6. The molecule has 170 valence electrons. The number of rotatable bonds is 9. The maximum Gasteiger partial charge on any atom is 0.261 e. The zero-order valence-electron chi connectivity index (χ0n) is 19.3. The highest BCUT2D eigenvalue weighted by Gasteiger charge is 2.46. The Labute approximate surface area is 196 Å². The van der Waals surface area contributed by atoms with E-state index in [1.807, 2.05) is 36.4 Å². The summed E-state index contributed by atoms with van der Waals surface area (Å²) in [5.41, 5.74) is 0.958. The van der Waals surface area contributed by atoms with Gasteiger partial charge in [-0.05, 0) is 36.4 Å². The van der Waals surface area contributed by atoms with Crippen molar-refractivity contribution in [2.24, 2.45) is 11.8 Å². The van der Waals surface area contributed by atoms with Gasteiger partial charge in [0.05, 0.1) is 11.1 Å². The van der Waals surface area contributed by atoms with E-state index in [1.165, 1.54) is 15.3 Å². The number of benzene rings is 3. The van der Waals surface area contributed by atoms with Crippen molar-refractivity contribution in [2.45, 2.75) is 26.3 Å². The lowest BCUT2D eigenvalue weighted by molar-refractivity contribution is 0.0678. The maximum atomic E-state index is 13.4. The molecule has 3 aromatic carbocycles. The first kappa shape index (κ1) is 23.1. The van der Waals surface area contributed by atoms with Crippen molar-refractivity contribution in [1.29, 1.82) is 0 Å². The van der Waals surface area contributed by atoms with Gasteiger partial charge in [-0.15, -0.1) is 0 Å². The van der Waals surface area contributed by atoms with Gasteiger partial charge in [0.15, 0.2) is 0 Å². The van der Waals surface area contributed by atoms with Gasteiger partial charge in [-0.3, -0.25) is 14.5 Å². The summed E-state index contributed by atoms with van der Waals surface area (Å²) in [5, 5.41) is 12.7. The third kappa shape index (κ3) is 4.56. The first-order chi connectivity index (χ1) is 16.0. The molecule has 0 unspecified atom stereocenters. The van der Waals surface area contributed by atoms with Crippen LogP contribution in [-0.4, -0.2) is 42.7 Å². The molecule has 1 atom stereocenters. The summed E-state index contributed by atoms with van der Waals surface area (Å²) < 4.78 is 0. The lowest BCUT2D eigenvalue weighted by Crippen LogP contribution is -2.66. The lowest BCUT2D eigenvalue weighted by Gasteiger charge is -2.38. The van der Waals surface area contributed by atoms with Crippen molar-refractivity contribution in [3.05, 3.63) is 96.1 Å². The van der Waals surface area contributed by atoms with Crippen molar-refractivity contribution >= 4 is 30.3 Å². The van der Waals surface area contributed by atoms with E-state index < -0.39 is 8.07 Å². The van der Waals surface area contributed by atoms with E-state index in [4.69, 9.17) is 0 Å². The first-order valence-corrected chi connectivity index (χ1v) is 14.0. The van der Waals surface area contributed by atoms with Crippen molar-refractivity contribution in [3.63, 3.8) is 0 Å². The molecule has 1 heterocycles. The Morgan fingerprint density at radius 3 is 1.64 bits per heavy atom. The highest BCUT2D eigenvalue weighted by molar-refractivity contribution is 7.02. The van der Waals surface area contributed by atoms with Crippen LogP contribution in [0.25, 0.3) is 0 Å². The van der Waals surface area contributed by atoms with Gasteiger partial charge in [0.2, 0.25) is 0 Å². The molecule has 0 aliphatic carbocycles. The molecule has 1 aliphatic rings. The van der Waals surface area contributed by atoms with E-state index in [-0.39, 0.29) is 24.3 Å². The number of nitrogens with zero attached hydrogens (tertiary/aromatic N) is 1. The van der Waals surface area contributed by atoms with Gasteiger partial charge in [0, 0.05) is 12.8 Å². The molecule has 1 aliphatic heterocycles. The van der Waals surface area contributed by atoms with Crippen molar-refractivity contribution in [3.8, 4) is 0 Å². The average Bonchev–Trinajstić information content (AvgIpc) is 3.08. The van der Waals surface area contributed by atoms with Crippen LogP contribution >= 0.6 is 0 Å². The molecule has 0 saturated heterocycles. The standard InChI is InChI=1S/C28H31NO3Si/c1-21(2)17-22(18-30)19-33(23-11-5-3-6-12-23,24-13-7-4-8-14-24)20-29-27(31)25-15-9-10-16-26(25)28(29)32/h3-16,21-22,30H,17-20H2,1-2H3/t22-/m0/s1. The Morgan fingerprint density at radius 1 is 0.758 bits per heavy atom. The molecule has 0 spiro atoms. The second-order valence-corrected chi connectivity index (χ2v) is 13.5. The quantitative estimate of drug-likeness (QED) is 0.393. The minimum Gasteiger partial charge on any atom is -0.396 e. The molecule has 0 radical (unpaired) electrons. The summed E-state index contributed by atoms with van der Waals surface area (Å²) >= 11 is 0. The lowest BCUT2D eigenvalue weighted by atomic mass is 10.00. The molecule has 0 bridgehead atoms. The molecular formula is C28H31NO3Si. The minimum absolute atomic E-state index is 0.0901. The summed E-state index contributed by atoms with van der Waals surface area (Å²) in [5.74, 6) is 0.0967. The van der Waals surface area contributed by atoms with Crippen LogP contribution in [0.1, 0.15) is 41.0 Å². The summed E-state index contributed by atoms with van der Waals surface area (Å²) in [7, 11) is -2.66. The zero-order valence-corrected chi connectivity index (χ0v) is 20.3. The van der Waals surface area contributed by atoms with Gasteiger partial charge in [-0.2, -0.15) is 0 Å². The number of carbonyl (C=O) groups excluding carboxylic acids is 2. The topological polar surface area (TPSA) is 57.6 Å². The fourth-order valence-electron chi connectivity index (χ4n) is 5.20. The average molecular weight is 458 g/mol. The van der Waals surface area contributed by atoms with E-state index in [0.29, 0.717) is 23.2 Å². The SMILES string of the molecule is CC(C)C[C@@H](CO)C[Si](CN1C(=O)c2ccccc2C1=O)(c1ccccc1)c1ccccc1. The summed E-state index contributed by atoms with van der Waals surface area (Å²) in [4.78, 5) is 28.2. The molecule has 0 fully saturated rings. The van der Waals surface area contributed by atoms with Crippen LogP contribution in [0.5, 0.6) is 0 Å². The van der Waals surface area contributed by atoms with Crippen LogP contribution in [-0.2, 0) is 0 Å². The van der Waals surface area contributed by atoms with E-state index in [2.05, 4.69) is 38.1 Å². The predicted octanol–water partition coefficient (Wildman–Crippen LogP) is 3.74. The van der Waals surface area contributed by atoms with Crippen molar-refractivity contribution < 1.29 is 14.7 Å². The molecule has 33 heavy (non-hydrogen) atoms. The normalized spacial score (nSPS) is 14.6. The fraction of sp³-hybridized carbons (Fsp3) is 0.286. The number of imide groups is 1. The molecule has 2 amide bonds. The van der Waals surface area contributed by atoms with Crippen molar-refractivity contribution in [1.82, 2.24) is 4.90 Å². The minimum atomic E-state index is -2.66. The van der Waals surface area contributed by atoms with E-state index in [1.54, 1.807) is 24.3 Å². The van der Waals surface area contributed by atoms with Crippen LogP contribution < -0.4 is 10.4 Å². The molecule has 5 heteroatoms. The number of aliphatic hydroxyl groups is 1. The third-order valence-electron chi connectivity index (χ3n) is 6.66. The van der Waals surface area contributed by atoms with Gasteiger partial charge >= 0.3 is 0 Å². The fourth-order valence-corrected chi connectivity index (χ4v) is 10.3. The van der Waals surface area contributed by atoms with Gasteiger partial charge in [-0.25, -0.2) is 0 Å². The Morgan fingerprint density at radius 2 is 1.21 bits per heavy atom. The Hall–Kier alpha value is -3.02. The molecule has 4 nitrogen and oxygen atoms in total. The molecule has 0 saturated carbocycles. The second-order valence-electron chi connectivity index (χ2n) is 9.44. The third-order valence-corrected chi connectivity index (χ3v) is 11.7. The van der Waals surface area contributed by atoms with E-state index in [9.17, 15) is 14.7 Å². The summed E-state index contributed by atoms with van der Waals surface area (Å²) in [6.07, 6.45) is 1.26. The Bertz CT molecular complexity index is 1040. The molecular weight excluding hydrogens is 426 g/mol. The number of fused-ring (bicyclic) bond motifs is 1. The molecule has 1 N–H and O–H groups in total. The highest BCUT2D eigenvalue weighted by Crippen LogP contribution is 2.28. The summed E-state index contributed by atoms with van der Waals surface area (Å²) in [6, 6.07) is 28.4. The zero-order chi connectivity index (χ0) is 23.4. The second kappa shape index (κ2) is 9.85. The Kier molecular flexibility index (Phi) is 6.91. The van der Waals surface area contributed by atoms with Crippen LogP contribution in [0.4, 0.5) is 0 Å². The molecule has 3 aromatic rings. The van der Waals surface area contributed by atoms with Crippen LogP contribution in [0, 0.1) is 11.8 Å². The molecule has 0 aromatic heterocycles. The van der Waals surface area contributed by atoms with Gasteiger partial charge < -0.3 is 5.11 Å². The maximum absolute atomic E-state index is 13.4. The monoisotopic (exact) mass is 457 g/mol. The van der Waals surface area contributed by atoms with E-state index >= 15 is 0 Å². The Balaban J connectivity index is 1.85. The highest BCUT2D eigenvalue weighted by atomic mass is 28.3. The van der Waals surface area contributed by atoms with Crippen LogP contribution in [0.2, 0.25) is 6.04 Å². The smallest absolute Gasteiger partial charge is 0.261 e. The number of carbonyl (C=O) groups is 2. The van der Waals surface area contributed by atoms with Crippen molar-refractivity contribution in [2.75, 3.05) is 12.8 Å². The van der Waals surface area contributed by atoms with Gasteiger partial charge in [0.1, 0.15) is 8.07 Å². The largest absolute Gasteiger partial charge is 0.396 e. The predicted molar refractivity (Wildman–Crippen MR) is 135 cm³/mol.